The first-order valence-corrected chi connectivity index (χ1v) is 11.7. The van der Waals surface area contributed by atoms with Gasteiger partial charge in [-0.15, -0.1) is 11.3 Å². The number of thiazole rings is 1. The lowest BCUT2D eigenvalue weighted by Crippen LogP contribution is -2.44. The summed E-state index contributed by atoms with van der Waals surface area (Å²) in [5, 5.41) is 5.49. The van der Waals surface area contributed by atoms with Crippen molar-refractivity contribution < 1.29 is 19.0 Å². The molecule has 31 heavy (non-hydrogen) atoms. The molecule has 0 aliphatic carbocycles. The van der Waals surface area contributed by atoms with Gasteiger partial charge in [0.1, 0.15) is 0 Å². The quantitative estimate of drug-likeness (QED) is 0.613. The van der Waals surface area contributed by atoms with Gasteiger partial charge in [-0.25, -0.2) is 4.98 Å². The molecule has 2 heterocycles. The van der Waals surface area contributed by atoms with Crippen LogP contribution in [0.3, 0.4) is 0 Å². The Balaban J connectivity index is 1.62. The molecule has 7 nitrogen and oxygen atoms in total. The summed E-state index contributed by atoms with van der Waals surface area (Å²) < 4.78 is 17.3. The van der Waals surface area contributed by atoms with Crippen molar-refractivity contribution in [2.45, 2.75) is 53.4 Å². The maximum atomic E-state index is 12.8. The molecular formula is C23H33N3O4S. The number of morpholine rings is 1. The number of aromatic nitrogens is 1. The van der Waals surface area contributed by atoms with Gasteiger partial charge in [-0.3, -0.25) is 15.0 Å². The third-order valence-corrected chi connectivity index (χ3v) is 5.54. The van der Waals surface area contributed by atoms with Gasteiger partial charge in [-0.05, 0) is 44.9 Å². The van der Waals surface area contributed by atoms with Gasteiger partial charge >= 0.3 is 0 Å². The van der Waals surface area contributed by atoms with Crippen LogP contribution in [-0.4, -0.2) is 54.3 Å². The molecule has 8 heteroatoms. The largest absolute Gasteiger partial charge is 0.490 e. The molecule has 0 radical (unpaired) electrons. The Morgan fingerprint density at radius 3 is 2.68 bits per heavy atom. The number of carbonyl (C=O) groups excluding carboxylic acids is 1. The lowest BCUT2D eigenvalue weighted by Gasteiger charge is -2.34. The van der Waals surface area contributed by atoms with Crippen LogP contribution in [0.2, 0.25) is 0 Å². The van der Waals surface area contributed by atoms with E-state index < -0.39 is 0 Å². The van der Waals surface area contributed by atoms with Gasteiger partial charge in [0.15, 0.2) is 16.6 Å². The van der Waals surface area contributed by atoms with E-state index >= 15 is 0 Å². The van der Waals surface area contributed by atoms with Crippen molar-refractivity contribution in [3.8, 4) is 11.5 Å². The molecule has 1 aliphatic rings. The first-order chi connectivity index (χ1) is 14.8. The maximum absolute atomic E-state index is 12.8. The minimum Gasteiger partial charge on any atom is -0.490 e. The third kappa shape index (κ3) is 6.92. The number of rotatable bonds is 9. The van der Waals surface area contributed by atoms with Gasteiger partial charge in [0.2, 0.25) is 0 Å². The van der Waals surface area contributed by atoms with Gasteiger partial charge in [0.25, 0.3) is 5.91 Å². The van der Waals surface area contributed by atoms with Crippen molar-refractivity contribution in [1.82, 2.24) is 9.88 Å². The average molecular weight is 448 g/mol. The van der Waals surface area contributed by atoms with Crippen LogP contribution in [0, 0.1) is 5.92 Å². The van der Waals surface area contributed by atoms with Crippen molar-refractivity contribution in [2.75, 3.05) is 31.6 Å². The van der Waals surface area contributed by atoms with Crippen LogP contribution in [0.15, 0.2) is 23.6 Å². The molecule has 0 unspecified atom stereocenters. The number of hydrogen-bond acceptors (Lipinski definition) is 7. The number of benzene rings is 1. The highest BCUT2D eigenvalue weighted by molar-refractivity contribution is 7.13. The zero-order valence-corrected chi connectivity index (χ0v) is 19.8. The SMILES string of the molecule is CCOc1cc(C(=O)Nc2nc(CN3C[C@H](C)O[C@@H](C)C3)cs2)ccc1OCC(C)C. The highest BCUT2D eigenvalue weighted by Crippen LogP contribution is 2.29. The maximum Gasteiger partial charge on any atom is 0.257 e. The number of nitrogens with one attached hydrogen (secondary N) is 1. The topological polar surface area (TPSA) is 72.9 Å². The van der Waals surface area contributed by atoms with E-state index in [1.54, 1.807) is 18.2 Å². The Morgan fingerprint density at radius 2 is 2.00 bits per heavy atom. The highest BCUT2D eigenvalue weighted by Gasteiger charge is 2.23. The Kier molecular flexibility index (Phi) is 8.28. The minimum atomic E-state index is -0.217. The fraction of sp³-hybridized carbons (Fsp3) is 0.565. The van der Waals surface area contributed by atoms with Crippen LogP contribution in [0.4, 0.5) is 5.13 Å². The second-order valence-electron chi connectivity index (χ2n) is 8.35. The Morgan fingerprint density at radius 1 is 1.26 bits per heavy atom. The molecule has 0 spiro atoms. The van der Waals surface area contributed by atoms with Gasteiger partial charge in [-0.1, -0.05) is 13.8 Å². The van der Waals surface area contributed by atoms with Crippen molar-refractivity contribution in [3.05, 3.63) is 34.8 Å². The number of ether oxygens (including phenoxy) is 3. The molecule has 1 aromatic carbocycles. The first kappa shape index (κ1) is 23.5. The van der Waals surface area contributed by atoms with Gasteiger partial charge in [0, 0.05) is 30.6 Å². The van der Waals surface area contributed by atoms with Gasteiger partial charge < -0.3 is 14.2 Å². The van der Waals surface area contributed by atoms with E-state index in [1.165, 1.54) is 11.3 Å². The van der Waals surface area contributed by atoms with Crippen molar-refractivity contribution in [2.24, 2.45) is 5.92 Å². The standard InChI is InChI=1S/C23H33N3O4S/c1-6-28-21-9-18(7-8-20(21)29-13-15(2)3)22(27)25-23-24-19(14-31-23)12-26-10-16(4)30-17(5)11-26/h7-9,14-17H,6,10-13H2,1-5H3,(H,24,25,27)/t16-,17-/m0/s1. The molecule has 3 rings (SSSR count). The fourth-order valence-electron chi connectivity index (χ4n) is 3.54. The molecule has 1 aliphatic heterocycles. The normalized spacial score (nSPS) is 19.4. The van der Waals surface area contributed by atoms with Crippen molar-refractivity contribution in [1.29, 1.82) is 0 Å². The Bertz CT molecular complexity index is 860. The Hall–Kier alpha value is -2.16. The van der Waals surface area contributed by atoms with E-state index in [0.717, 1.165) is 25.3 Å². The molecule has 2 aromatic rings. The molecule has 1 N–H and O–H groups in total. The first-order valence-electron chi connectivity index (χ1n) is 10.9. The lowest BCUT2D eigenvalue weighted by molar-refractivity contribution is -0.0707. The lowest BCUT2D eigenvalue weighted by atomic mass is 10.2. The third-order valence-electron chi connectivity index (χ3n) is 4.73. The second-order valence-corrected chi connectivity index (χ2v) is 9.21. The van der Waals surface area contributed by atoms with Crippen molar-refractivity contribution in [3.63, 3.8) is 0 Å². The molecule has 1 amide bonds. The number of nitrogens with zero attached hydrogens (tertiary/aromatic N) is 2. The molecule has 1 aromatic heterocycles. The van der Waals surface area contributed by atoms with E-state index in [2.05, 4.69) is 42.9 Å². The van der Waals surface area contributed by atoms with Gasteiger partial charge in [0.05, 0.1) is 31.1 Å². The summed E-state index contributed by atoms with van der Waals surface area (Å²) in [4.78, 5) is 19.7. The van der Waals surface area contributed by atoms with E-state index in [4.69, 9.17) is 14.2 Å². The smallest absolute Gasteiger partial charge is 0.257 e. The average Bonchev–Trinajstić information content (AvgIpc) is 3.12. The number of carbonyl (C=O) groups is 1. The van der Waals surface area contributed by atoms with E-state index in [0.29, 0.717) is 41.3 Å². The summed E-state index contributed by atoms with van der Waals surface area (Å²) in [6.07, 6.45) is 0.433. The number of anilines is 1. The molecular weight excluding hydrogens is 414 g/mol. The predicted molar refractivity (Wildman–Crippen MR) is 123 cm³/mol. The van der Waals surface area contributed by atoms with E-state index in [-0.39, 0.29) is 18.1 Å². The predicted octanol–water partition coefficient (Wildman–Crippen LogP) is 4.44. The number of amides is 1. The van der Waals surface area contributed by atoms with Crippen LogP contribution in [0.1, 0.15) is 50.7 Å². The van der Waals surface area contributed by atoms with Crippen LogP contribution in [0.5, 0.6) is 11.5 Å². The molecule has 2 atom stereocenters. The molecule has 0 bridgehead atoms. The van der Waals surface area contributed by atoms with E-state index in [1.807, 2.05) is 12.3 Å². The zero-order valence-electron chi connectivity index (χ0n) is 19.0. The molecule has 170 valence electrons. The van der Waals surface area contributed by atoms with E-state index in [9.17, 15) is 4.79 Å². The van der Waals surface area contributed by atoms with Gasteiger partial charge in [-0.2, -0.15) is 0 Å². The van der Waals surface area contributed by atoms with Crippen LogP contribution in [0.25, 0.3) is 0 Å². The minimum absolute atomic E-state index is 0.216. The number of hydrogen-bond donors (Lipinski definition) is 1. The summed E-state index contributed by atoms with van der Waals surface area (Å²) >= 11 is 1.43. The monoisotopic (exact) mass is 447 g/mol. The summed E-state index contributed by atoms with van der Waals surface area (Å²) in [5.41, 5.74) is 1.46. The molecule has 0 saturated carbocycles. The summed E-state index contributed by atoms with van der Waals surface area (Å²) in [5.74, 6) is 1.41. The molecule has 1 fully saturated rings. The van der Waals surface area contributed by atoms with Crippen molar-refractivity contribution >= 4 is 22.4 Å². The summed E-state index contributed by atoms with van der Waals surface area (Å²) in [7, 11) is 0. The summed E-state index contributed by atoms with van der Waals surface area (Å²) in [6, 6.07) is 5.26. The fourth-order valence-corrected chi connectivity index (χ4v) is 4.24. The second kappa shape index (κ2) is 10.9. The molecule has 1 saturated heterocycles. The highest BCUT2D eigenvalue weighted by atomic mass is 32.1. The van der Waals surface area contributed by atoms with Crippen LogP contribution < -0.4 is 14.8 Å². The summed E-state index contributed by atoms with van der Waals surface area (Å²) in [6.45, 7) is 13.9. The zero-order chi connectivity index (χ0) is 22.4. The Labute approximate surface area is 188 Å². The van der Waals surface area contributed by atoms with Crippen LogP contribution >= 0.6 is 11.3 Å². The van der Waals surface area contributed by atoms with Crippen LogP contribution in [-0.2, 0) is 11.3 Å².